The molecule has 0 spiro atoms. The number of hydrogen-bond acceptors (Lipinski definition) is 3. The Hall–Kier alpha value is -3.27. The van der Waals surface area contributed by atoms with E-state index in [1.807, 2.05) is 42.5 Å². The lowest BCUT2D eigenvalue weighted by Gasteiger charge is -2.13. The lowest BCUT2D eigenvalue weighted by Crippen LogP contribution is -2.13. The number of amides is 1. The fourth-order valence-corrected chi connectivity index (χ4v) is 2.75. The van der Waals surface area contributed by atoms with Crippen LogP contribution in [0.4, 0.5) is 5.69 Å². The van der Waals surface area contributed by atoms with Gasteiger partial charge < -0.3 is 14.8 Å². The molecule has 4 heteroatoms. The summed E-state index contributed by atoms with van der Waals surface area (Å²) in [6.07, 6.45) is 0.749. The van der Waals surface area contributed by atoms with Gasteiger partial charge in [0.25, 0.3) is 5.91 Å². The lowest BCUT2D eigenvalue weighted by molar-refractivity contribution is 0.102. The summed E-state index contributed by atoms with van der Waals surface area (Å²) in [7, 11) is 3.12. The fourth-order valence-electron chi connectivity index (χ4n) is 2.75. The van der Waals surface area contributed by atoms with Crippen molar-refractivity contribution in [1.29, 1.82) is 0 Å². The van der Waals surface area contributed by atoms with Crippen LogP contribution in [0.3, 0.4) is 0 Å². The van der Waals surface area contributed by atoms with Gasteiger partial charge in [0, 0.05) is 17.3 Å². The highest BCUT2D eigenvalue weighted by molar-refractivity contribution is 6.05. The Morgan fingerprint density at radius 2 is 1.46 bits per heavy atom. The molecule has 0 aliphatic carbocycles. The van der Waals surface area contributed by atoms with Crippen LogP contribution in [-0.2, 0) is 6.42 Å². The Morgan fingerprint density at radius 3 is 2.12 bits per heavy atom. The van der Waals surface area contributed by atoms with Crippen molar-refractivity contribution < 1.29 is 14.3 Å². The van der Waals surface area contributed by atoms with Gasteiger partial charge in [0.15, 0.2) is 0 Å². The number of anilines is 1. The molecule has 26 heavy (non-hydrogen) atoms. The predicted octanol–water partition coefficient (Wildman–Crippen LogP) is 4.55. The Labute approximate surface area is 153 Å². The summed E-state index contributed by atoms with van der Waals surface area (Å²) in [5.41, 5.74) is 3.53. The van der Waals surface area contributed by atoms with Gasteiger partial charge in [-0.15, -0.1) is 0 Å². The van der Waals surface area contributed by atoms with Crippen molar-refractivity contribution in [3.05, 3.63) is 89.5 Å². The lowest BCUT2D eigenvalue weighted by atomic mass is 10.0. The molecule has 3 rings (SSSR count). The molecule has 3 aromatic rings. The van der Waals surface area contributed by atoms with Gasteiger partial charge in [-0.1, -0.05) is 48.5 Å². The van der Waals surface area contributed by atoms with Crippen molar-refractivity contribution in [2.75, 3.05) is 19.5 Å². The highest BCUT2D eigenvalue weighted by Gasteiger charge is 2.12. The molecule has 3 aromatic carbocycles. The molecule has 0 saturated carbocycles. The molecule has 0 atom stereocenters. The maximum Gasteiger partial charge on any atom is 0.255 e. The number of nitrogens with one attached hydrogen (secondary N) is 1. The van der Waals surface area contributed by atoms with Crippen molar-refractivity contribution in [3.8, 4) is 11.5 Å². The van der Waals surface area contributed by atoms with Crippen LogP contribution in [0.15, 0.2) is 72.8 Å². The van der Waals surface area contributed by atoms with Crippen LogP contribution in [0, 0.1) is 0 Å². The van der Waals surface area contributed by atoms with Crippen LogP contribution in [-0.4, -0.2) is 20.1 Å². The molecule has 132 valence electrons. The third-order valence-corrected chi connectivity index (χ3v) is 4.12. The largest absolute Gasteiger partial charge is 0.497 e. The second kappa shape index (κ2) is 8.21. The van der Waals surface area contributed by atoms with Crippen LogP contribution in [0.5, 0.6) is 11.5 Å². The number of methoxy groups -OCH3 is 2. The van der Waals surface area contributed by atoms with Crippen molar-refractivity contribution in [2.24, 2.45) is 0 Å². The molecule has 0 unspecified atom stereocenters. The van der Waals surface area contributed by atoms with Gasteiger partial charge in [0.05, 0.1) is 14.2 Å². The zero-order valence-electron chi connectivity index (χ0n) is 14.9. The molecule has 1 amide bonds. The van der Waals surface area contributed by atoms with E-state index in [0.29, 0.717) is 17.1 Å². The molecule has 1 N–H and O–H groups in total. The summed E-state index contributed by atoms with van der Waals surface area (Å²) < 4.78 is 10.5. The summed E-state index contributed by atoms with van der Waals surface area (Å²) in [6.45, 7) is 0. The van der Waals surface area contributed by atoms with Crippen molar-refractivity contribution in [1.82, 2.24) is 0 Å². The summed E-state index contributed by atoms with van der Waals surface area (Å²) in [5.74, 6) is 0.946. The van der Waals surface area contributed by atoms with Crippen LogP contribution < -0.4 is 14.8 Å². The maximum absolute atomic E-state index is 12.7. The van der Waals surface area contributed by atoms with E-state index in [4.69, 9.17) is 9.47 Å². The van der Waals surface area contributed by atoms with Crippen LogP contribution in [0.25, 0.3) is 0 Å². The second-order valence-corrected chi connectivity index (χ2v) is 5.87. The standard InChI is InChI=1S/C22H21NO3/c1-25-19-13-18(14-20(15-19)26-2)22(24)23-21-11-7-6-10-17(21)12-16-8-4-3-5-9-16/h3-11,13-15H,12H2,1-2H3,(H,23,24). The minimum atomic E-state index is -0.206. The number of benzene rings is 3. The minimum absolute atomic E-state index is 0.206. The van der Waals surface area contributed by atoms with Crippen molar-refractivity contribution in [3.63, 3.8) is 0 Å². The summed E-state index contributed by atoms with van der Waals surface area (Å²) in [6, 6.07) is 23.1. The number of rotatable bonds is 6. The fraction of sp³-hybridized carbons (Fsp3) is 0.136. The van der Waals surface area contributed by atoms with Crippen LogP contribution in [0.1, 0.15) is 21.5 Å². The van der Waals surface area contributed by atoms with E-state index in [1.54, 1.807) is 32.4 Å². The average molecular weight is 347 g/mol. The molecule has 0 saturated heterocycles. The zero-order valence-corrected chi connectivity index (χ0v) is 14.9. The van der Waals surface area contributed by atoms with Gasteiger partial charge in [-0.3, -0.25) is 4.79 Å². The summed E-state index contributed by atoms with van der Waals surface area (Å²) in [4.78, 5) is 12.7. The molecule has 0 aliphatic heterocycles. The van der Waals surface area contributed by atoms with E-state index in [0.717, 1.165) is 17.7 Å². The quantitative estimate of drug-likeness (QED) is 0.712. The third-order valence-electron chi connectivity index (χ3n) is 4.12. The maximum atomic E-state index is 12.7. The van der Waals surface area contributed by atoms with E-state index in [9.17, 15) is 4.79 Å². The minimum Gasteiger partial charge on any atom is -0.497 e. The van der Waals surface area contributed by atoms with Gasteiger partial charge >= 0.3 is 0 Å². The van der Waals surface area contributed by atoms with Gasteiger partial charge in [0.2, 0.25) is 0 Å². The first-order valence-electron chi connectivity index (χ1n) is 8.36. The summed E-state index contributed by atoms with van der Waals surface area (Å²) >= 11 is 0. The molecule has 0 aliphatic rings. The van der Waals surface area contributed by atoms with Gasteiger partial charge in [-0.25, -0.2) is 0 Å². The molecular formula is C22H21NO3. The Morgan fingerprint density at radius 1 is 0.846 bits per heavy atom. The first kappa shape index (κ1) is 17.5. The number of hydrogen-bond donors (Lipinski definition) is 1. The number of carbonyl (C=O) groups excluding carboxylic acids is 1. The monoisotopic (exact) mass is 347 g/mol. The first-order valence-corrected chi connectivity index (χ1v) is 8.36. The Kier molecular flexibility index (Phi) is 5.54. The number of ether oxygens (including phenoxy) is 2. The smallest absolute Gasteiger partial charge is 0.255 e. The van der Waals surface area contributed by atoms with E-state index < -0.39 is 0 Å². The van der Waals surface area contributed by atoms with E-state index >= 15 is 0 Å². The second-order valence-electron chi connectivity index (χ2n) is 5.87. The molecule has 0 heterocycles. The highest BCUT2D eigenvalue weighted by Crippen LogP contribution is 2.24. The third kappa shape index (κ3) is 4.22. The number of para-hydroxylation sites is 1. The SMILES string of the molecule is COc1cc(OC)cc(C(=O)Nc2ccccc2Cc2ccccc2)c1. The predicted molar refractivity (Wildman–Crippen MR) is 103 cm³/mol. The molecule has 0 radical (unpaired) electrons. The van der Waals surface area contributed by atoms with Crippen molar-refractivity contribution in [2.45, 2.75) is 6.42 Å². The van der Waals surface area contributed by atoms with Gasteiger partial charge in [-0.2, -0.15) is 0 Å². The van der Waals surface area contributed by atoms with Gasteiger partial charge in [0.1, 0.15) is 11.5 Å². The van der Waals surface area contributed by atoms with E-state index in [-0.39, 0.29) is 5.91 Å². The Balaban J connectivity index is 1.84. The topological polar surface area (TPSA) is 47.6 Å². The molecule has 0 bridgehead atoms. The van der Waals surface area contributed by atoms with E-state index in [2.05, 4.69) is 17.4 Å². The first-order chi connectivity index (χ1) is 12.7. The van der Waals surface area contributed by atoms with Crippen LogP contribution in [0.2, 0.25) is 0 Å². The van der Waals surface area contributed by atoms with E-state index in [1.165, 1.54) is 5.56 Å². The van der Waals surface area contributed by atoms with Gasteiger partial charge in [-0.05, 0) is 35.7 Å². The molecule has 0 aromatic heterocycles. The number of carbonyl (C=O) groups is 1. The molecule has 0 fully saturated rings. The molecule has 4 nitrogen and oxygen atoms in total. The van der Waals surface area contributed by atoms with Crippen molar-refractivity contribution >= 4 is 11.6 Å². The highest BCUT2D eigenvalue weighted by atomic mass is 16.5. The average Bonchev–Trinajstić information content (AvgIpc) is 2.69. The van der Waals surface area contributed by atoms with Crippen LogP contribution >= 0.6 is 0 Å². The zero-order chi connectivity index (χ0) is 18.4. The Bertz CT molecular complexity index is 869. The normalized spacial score (nSPS) is 10.2. The molecular weight excluding hydrogens is 326 g/mol. The summed E-state index contributed by atoms with van der Waals surface area (Å²) in [5, 5.41) is 3.00.